The molecule has 6 heteroatoms. The fourth-order valence-corrected chi connectivity index (χ4v) is 4.01. The second kappa shape index (κ2) is 10.3. The monoisotopic (exact) mass is 474 g/mol. The van der Waals surface area contributed by atoms with E-state index in [2.05, 4.69) is 10.4 Å². The van der Waals surface area contributed by atoms with Crippen molar-refractivity contribution < 1.29 is 9.53 Å². The number of fused-ring (bicyclic) bond motifs is 1. The number of rotatable bonds is 7. The first-order valence-corrected chi connectivity index (χ1v) is 11.8. The second-order valence-electron chi connectivity index (χ2n) is 8.33. The highest BCUT2D eigenvalue weighted by Gasteiger charge is 2.17. The van der Waals surface area contributed by atoms with Crippen molar-refractivity contribution in [3.63, 3.8) is 0 Å². The third-order valence-corrected chi connectivity index (χ3v) is 5.71. The van der Waals surface area contributed by atoms with Gasteiger partial charge in [0.15, 0.2) is 5.82 Å². The summed E-state index contributed by atoms with van der Waals surface area (Å²) in [5, 5.41) is 8.69. The Kier molecular flexibility index (Phi) is 6.58. The molecule has 0 fully saturated rings. The molecule has 3 aromatic carbocycles. The molecule has 0 bridgehead atoms. The molecule has 5 rings (SSSR count). The quantitative estimate of drug-likeness (QED) is 0.222. The lowest BCUT2D eigenvalue weighted by atomic mass is 10.0. The Morgan fingerprint density at radius 2 is 1.69 bits per heavy atom. The van der Waals surface area contributed by atoms with Crippen LogP contribution in [0.3, 0.4) is 0 Å². The van der Waals surface area contributed by atoms with Crippen LogP contribution in [0.1, 0.15) is 23.7 Å². The molecule has 6 nitrogen and oxygen atoms in total. The van der Waals surface area contributed by atoms with Gasteiger partial charge >= 0.3 is 0 Å². The van der Waals surface area contributed by atoms with Crippen molar-refractivity contribution in [1.29, 1.82) is 0 Å². The summed E-state index contributed by atoms with van der Waals surface area (Å²) >= 11 is 0. The molecule has 0 aliphatic carbocycles. The zero-order chi connectivity index (χ0) is 24.9. The molecule has 36 heavy (non-hydrogen) atoms. The Hall–Kier alpha value is -4.71. The molecule has 1 N–H and O–H groups in total. The van der Waals surface area contributed by atoms with Crippen LogP contribution < -0.4 is 10.1 Å². The topological polar surface area (TPSA) is 69.0 Å². The maximum Gasteiger partial charge on any atom is 0.257 e. The van der Waals surface area contributed by atoms with E-state index in [0.29, 0.717) is 23.8 Å². The van der Waals surface area contributed by atoms with E-state index in [1.807, 2.05) is 117 Å². The summed E-state index contributed by atoms with van der Waals surface area (Å²) in [5.41, 5.74) is 3.89. The summed E-state index contributed by atoms with van der Waals surface area (Å²) in [6.07, 6.45) is 1.88. The van der Waals surface area contributed by atoms with Crippen molar-refractivity contribution >= 4 is 34.3 Å². The van der Waals surface area contributed by atoms with Crippen LogP contribution in [0.2, 0.25) is 0 Å². The normalized spacial score (nSPS) is 11.4. The van der Waals surface area contributed by atoms with Gasteiger partial charge in [0.1, 0.15) is 11.6 Å². The van der Waals surface area contributed by atoms with Gasteiger partial charge in [-0.05, 0) is 61.4 Å². The fraction of sp³-hybridized carbons (Fsp3) is 0.100. The van der Waals surface area contributed by atoms with Crippen molar-refractivity contribution in [1.82, 2.24) is 14.8 Å². The van der Waals surface area contributed by atoms with Gasteiger partial charge in [-0.25, -0.2) is 4.98 Å². The van der Waals surface area contributed by atoms with E-state index in [0.717, 1.165) is 33.5 Å². The number of anilines is 1. The lowest BCUT2D eigenvalue weighted by Crippen LogP contribution is -2.17. The molecule has 0 saturated heterocycles. The summed E-state index contributed by atoms with van der Waals surface area (Å²) in [4.78, 5) is 18.4. The Bertz CT molecular complexity index is 1540. The van der Waals surface area contributed by atoms with Crippen LogP contribution in [0.4, 0.5) is 5.82 Å². The number of nitrogens with zero attached hydrogens (tertiary/aromatic N) is 3. The van der Waals surface area contributed by atoms with Crippen LogP contribution in [0.15, 0.2) is 97.1 Å². The maximum absolute atomic E-state index is 13.6. The highest BCUT2D eigenvalue weighted by molar-refractivity contribution is 6.29. The number of aryl methyl sites for hydroxylation is 1. The highest BCUT2D eigenvalue weighted by atomic mass is 16.5. The number of nitrogens with one attached hydrogen (secondary N) is 1. The molecular formula is C30H26N4O2. The zero-order valence-electron chi connectivity index (χ0n) is 20.2. The van der Waals surface area contributed by atoms with Gasteiger partial charge in [0, 0.05) is 17.0 Å². The molecule has 0 unspecified atom stereocenters. The van der Waals surface area contributed by atoms with Gasteiger partial charge in [0.25, 0.3) is 5.91 Å². The molecule has 2 heterocycles. The molecule has 0 atom stereocenters. The molecule has 5 aromatic rings. The van der Waals surface area contributed by atoms with Crippen LogP contribution >= 0.6 is 0 Å². The number of aromatic nitrogens is 3. The average Bonchev–Trinajstić information content (AvgIpc) is 3.28. The van der Waals surface area contributed by atoms with Crippen LogP contribution in [0.25, 0.3) is 28.4 Å². The van der Waals surface area contributed by atoms with Gasteiger partial charge in [-0.2, -0.15) is 9.78 Å². The predicted molar refractivity (Wildman–Crippen MR) is 144 cm³/mol. The van der Waals surface area contributed by atoms with Gasteiger partial charge in [-0.15, -0.1) is 0 Å². The first-order valence-electron chi connectivity index (χ1n) is 11.8. The van der Waals surface area contributed by atoms with Gasteiger partial charge in [0.2, 0.25) is 0 Å². The Morgan fingerprint density at radius 3 is 2.47 bits per heavy atom. The minimum absolute atomic E-state index is 0.239. The molecule has 0 aliphatic rings. The number of benzene rings is 3. The van der Waals surface area contributed by atoms with Gasteiger partial charge < -0.3 is 10.1 Å². The first kappa shape index (κ1) is 23.1. The fourth-order valence-electron chi connectivity index (χ4n) is 4.01. The Labute approximate surface area is 209 Å². The van der Waals surface area contributed by atoms with Gasteiger partial charge in [0.05, 0.1) is 17.8 Å². The summed E-state index contributed by atoms with van der Waals surface area (Å²) in [6, 6.07) is 31.0. The van der Waals surface area contributed by atoms with Crippen LogP contribution in [-0.4, -0.2) is 27.3 Å². The third-order valence-electron chi connectivity index (χ3n) is 5.71. The second-order valence-corrected chi connectivity index (χ2v) is 8.33. The zero-order valence-corrected chi connectivity index (χ0v) is 20.2. The van der Waals surface area contributed by atoms with E-state index in [1.165, 1.54) is 0 Å². The molecule has 0 saturated carbocycles. The van der Waals surface area contributed by atoms with Crippen molar-refractivity contribution in [2.45, 2.75) is 13.8 Å². The Balaban J connectivity index is 1.49. The molecular weight excluding hydrogens is 448 g/mol. The molecule has 0 spiro atoms. The molecule has 0 radical (unpaired) electrons. The molecule has 0 aliphatic heterocycles. The largest absolute Gasteiger partial charge is 0.494 e. The SMILES string of the molecule is CCOc1ccc(/C=C(/C(=O)Nc2cc(C)nn2-c2ccc3ccccc3n2)c2ccccc2)cc1. The number of pyridine rings is 1. The maximum atomic E-state index is 13.6. The lowest BCUT2D eigenvalue weighted by Gasteiger charge is -2.12. The number of carbonyl (C=O) groups is 1. The minimum atomic E-state index is -0.239. The minimum Gasteiger partial charge on any atom is -0.494 e. The van der Waals surface area contributed by atoms with E-state index >= 15 is 0 Å². The van der Waals surface area contributed by atoms with Gasteiger partial charge in [-0.1, -0.05) is 60.7 Å². The molecule has 2 aromatic heterocycles. The first-order chi connectivity index (χ1) is 17.6. The summed E-state index contributed by atoms with van der Waals surface area (Å²) < 4.78 is 7.21. The standard InChI is InChI=1S/C30H26N4O2/c1-3-36-25-16-13-22(14-17-25)20-26(23-9-5-4-6-10-23)30(35)32-29-19-21(2)33-34(29)28-18-15-24-11-7-8-12-27(24)31-28/h4-20H,3H2,1-2H3,(H,32,35)/b26-20+. The summed E-state index contributed by atoms with van der Waals surface area (Å²) in [7, 11) is 0. The van der Waals surface area contributed by atoms with E-state index in [4.69, 9.17) is 9.72 Å². The van der Waals surface area contributed by atoms with Crippen molar-refractivity contribution in [2.24, 2.45) is 0 Å². The van der Waals surface area contributed by atoms with Crippen LogP contribution in [-0.2, 0) is 4.79 Å². The smallest absolute Gasteiger partial charge is 0.257 e. The number of ether oxygens (including phenoxy) is 1. The molecule has 1 amide bonds. The van der Waals surface area contributed by atoms with E-state index in [9.17, 15) is 4.79 Å². The number of para-hydroxylation sites is 1. The average molecular weight is 475 g/mol. The third kappa shape index (κ3) is 5.03. The summed E-state index contributed by atoms with van der Waals surface area (Å²) in [6.45, 7) is 4.44. The van der Waals surface area contributed by atoms with Crippen LogP contribution in [0.5, 0.6) is 5.75 Å². The number of amides is 1. The van der Waals surface area contributed by atoms with Crippen LogP contribution in [0, 0.1) is 6.92 Å². The van der Waals surface area contributed by atoms with Crippen molar-refractivity contribution in [3.05, 3.63) is 114 Å². The Morgan fingerprint density at radius 1 is 0.944 bits per heavy atom. The predicted octanol–water partition coefficient (Wildman–Crippen LogP) is 6.31. The number of carbonyl (C=O) groups excluding carboxylic acids is 1. The van der Waals surface area contributed by atoms with E-state index < -0.39 is 0 Å². The summed E-state index contributed by atoms with van der Waals surface area (Å²) in [5.74, 6) is 1.74. The lowest BCUT2D eigenvalue weighted by molar-refractivity contribution is -0.111. The van der Waals surface area contributed by atoms with E-state index in [-0.39, 0.29) is 5.91 Å². The molecule has 178 valence electrons. The number of hydrogen-bond donors (Lipinski definition) is 1. The van der Waals surface area contributed by atoms with Crippen molar-refractivity contribution in [3.8, 4) is 11.6 Å². The van der Waals surface area contributed by atoms with E-state index in [1.54, 1.807) is 4.68 Å². The number of hydrogen-bond acceptors (Lipinski definition) is 4. The van der Waals surface area contributed by atoms with Gasteiger partial charge in [-0.3, -0.25) is 4.79 Å². The highest BCUT2D eigenvalue weighted by Crippen LogP contribution is 2.24. The van der Waals surface area contributed by atoms with Crippen molar-refractivity contribution in [2.75, 3.05) is 11.9 Å².